The predicted molar refractivity (Wildman–Crippen MR) is 165 cm³/mol. The lowest BCUT2D eigenvalue weighted by Gasteiger charge is -2.35. The minimum absolute atomic E-state index is 0.0493. The summed E-state index contributed by atoms with van der Waals surface area (Å²) in [5.74, 6) is 4.06. The number of nitrogens with two attached hydrogens (primary N) is 1. The van der Waals surface area contributed by atoms with Crippen LogP contribution in [0.2, 0.25) is 0 Å². The number of anilines is 2. The molecule has 0 radical (unpaired) electrons. The van der Waals surface area contributed by atoms with Crippen molar-refractivity contribution in [3.05, 3.63) is 52.7 Å². The van der Waals surface area contributed by atoms with Crippen LogP contribution in [0.4, 0.5) is 16.2 Å². The SMILES string of the molecule is CO[C@H]1C=C/C=C(\C)C(=O)Nc2cc(O)c(N3CCC3)c(c2O)/C=C(/C)C[C@H](OC)[C@H](O)[C@@H](C)/C=C(\C)[C@@H]1OC(=O)NN. The monoisotopic (exact) mass is 600 g/mol. The normalized spacial score (nSPS) is 29.2. The van der Waals surface area contributed by atoms with Crippen LogP contribution in [0.15, 0.2) is 47.1 Å². The second-order valence-electron chi connectivity index (χ2n) is 11.0. The number of methoxy groups -OCH3 is 2. The fourth-order valence-corrected chi connectivity index (χ4v) is 5.16. The van der Waals surface area contributed by atoms with Gasteiger partial charge in [-0.3, -0.25) is 10.2 Å². The number of aromatic hydroxyl groups is 2. The Hall–Kier alpha value is -3.84. The molecule has 0 saturated carbocycles. The van der Waals surface area contributed by atoms with E-state index < -0.39 is 42.3 Å². The van der Waals surface area contributed by atoms with Crippen LogP contribution in [0.3, 0.4) is 0 Å². The van der Waals surface area contributed by atoms with Crippen molar-refractivity contribution in [2.45, 2.75) is 65.0 Å². The van der Waals surface area contributed by atoms with Gasteiger partial charge in [0.15, 0.2) is 6.10 Å². The van der Waals surface area contributed by atoms with Crippen molar-refractivity contribution in [2.75, 3.05) is 37.5 Å². The van der Waals surface area contributed by atoms with Crippen LogP contribution in [0.1, 0.15) is 46.1 Å². The number of allylic oxidation sites excluding steroid dienone is 2. The van der Waals surface area contributed by atoms with Gasteiger partial charge in [0.25, 0.3) is 5.91 Å². The molecule has 1 saturated heterocycles. The average Bonchev–Trinajstić information content (AvgIpc) is 2.95. The Bertz CT molecular complexity index is 1300. The first-order chi connectivity index (χ1) is 20.4. The molecule has 2 amide bonds. The summed E-state index contributed by atoms with van der Waals surface area (Å²) < 4.78 is 16.8. The van der Waals surface area contributed by atoms with Gasteiger partial charge in [-0.25, -0.2) is 10.6 Å². The minimum atomic E-state index is -0.959. The highest BCUT2D eigenvalue weighted by molar-refractivity contribution is 6.05. The zero-order valence-electron chi connectivity index (χ0n) is 25.6. The molecule has 2 heterocycles. The molecule has 5 atom stereocenters. The van der Waals surface area contributed by atoms with E-state index in [0.29, 0.717) is 28.8 Å². The van der Waals surface area contributed by atoms with Crippen LogP contribution in [0, 0.1) is 5.92 Å². The van der Waals surface area contributed by atoms with E-state index in [1.54, 1.807) is 44.2 Å². The molecule has 3 rings (SSSR count). The van der Waals surface area contributed by atoms with E-state index >= 15 is 0 Å². The Morgan fingerprint density at radius 2 is 1.86 bits per heavy atom. The van der Waals surface area contributed by atoms with Crippen molar-refractivity contribution in [3.63, 3.8) is 0 Å². The molecule has 43 heavy (non-hydrogen) atoms. The van der Waals surface area contributed by atoms with E-state index in [1.807, 2.05) is 24.2 Å². The van der Waals surface area contributed by atoms with Crippen molar-refractivity contribution >= 4 is 29.5 Å². The number of benzene rings is 1. The summed E-state index contributed by atoms with van der Waals surface area (Å²) in [7, 11) is 2.95. The molecule has 2 aliphatic heterocycles. The first-order valence-electron chi connectivity index (χ1n) is 14.2. The number of carbonyl (C=O) groups excluding carboxylic acids is 2. The van der Waals surface area contributed by atoms with Gasteiger partial charge in [0.05, 0.1) is 23.6 Å². The number of hydrazine groups is 1. The molecule has 0 unspecified atom stereocenters. The molecule has 1 aromatic rings. The summed E-state index contributed by atoms with van der Waals surface area (Å²) >= 11 is 0. The number of carbonyl (C=O) groups is 2. The lowest BCUT2D eigenvalue weighted by Crippen LogP contribution is -2.40. The van der Waals surface area contributed by atoms with Crippen LogP contribution in [0.25, 0.3) is 6.08 Å². The molecule has 0 aliphatic carbocycles. The predicted octanol–water partition coefficient (Wildman–Crippen LogP) is 3.50. The van der Waals surface area contributed by atoms with Crippen LogP contribution in [-0.2, 0) is 19.0 Å². The van der Waals surface area contributed by atoms with Crippen LogP contribution < -0.4 is 21.5 Å². The molecular weight excluding hydrogens is 556 g/mol. The summed E-state index contributed by atoms with van der Waals surface area (Å²) in [6.07, 6.45) is 5.36. The number of amides is 2. The Morgan fingerprint density at radius 1 is 1.16 bits per heavy atom. The topological polar surface area (TPSA) is 176 Å². The van der Waals surface area contributed by atoms with Crippen molar-refractivity contribution in [2.24, 2.45) is 11.8 Å². The van der Waals surface area contributed by atoms with E-state index in [4.69, 9.17) is 20.1 Å². The third-order valence-electron chi connectivity index (χ3n) is 7.75. The van der Waals surface area contributed by atoms with Gasteiger partial charge in [-0.2, -0.15) is 0 Å². The van der Waals surface area contributed by atoms with Gasteiger partial charge in [-0.15, -0.1) is 0 Å². The standard InChI is InChI=1S/C31H44N4O8/c1-17-13-21-26(35-11-8-12-35)23(36)16-22(28(21)38)33-30(39)18(2)9-7-10-24(41-5)29(43-31(40)34-32)20(4)15-19(3)27(37)25(14-17)42-6/h7,9-10,13,15-16,19,24-25,27,29,36-38H,8,11-12,14,32H2,1-6H3,(H,33,39)(H,34,40)/b10-7?,17-13-,18-9+,20-15+/t19-,24-,25-,27+,29-/m0/s1. The fraction of sp³-hybridized carbons (Fsp3) is 0.484. The Balaban J connectivity index is 2.16. The summed E-state index contributed by atoms with van der Waals surface area (Å²) in [4.78, 5) is 27.1. The Labute approximate surface area is 252 Å². The average molecular weight is 601 g/mol. The van der Waals surface area contributed by atoms with Gasteiger partial charge in [0.2, 0.25) is 0 Å². The van der Waals surface area contributed by atoms with Crippen molar-refractivity contribution < 1.29 is 39.1 Å². The minimum Gasteiger partial charge on any atom is -0.506 e. The highest BCUT2D eigenvalue weighted by atomic mass is 16.6. The molecular formula is C31H44N4O8. The Morgan fingerprint density at radius 3 is 2.44 bits per heavy atom. The number of rotatable bonds is 4. The maximum absolute atomic E-state index is 13.1. The molecule has 1 aromatic carbocycles. The number of aliphatic hydroxyl groups is 1. The highest BCUT2D eigenvalue weighted by Crippen LogP contribution is 2.45. The van der Waals surface area contributed by atoms with Gasteiger partial charge in [-0.05, 0) is 45.3 Å². The number of hydrogen-bond donors (Lipinski definition) is 6. The number of ether oxygens (including phenoxy) is 3. The maximum Gasteiger partial charge on any atom is 0.422 e. The van der Waals surface area contributed by atoms with Crippen LogP contribution in [0.5, 0.6) is 11.5 Å². The summed E-state index contributed by atoms with van der Waals surface area (Å²) in [6.45, 7) is 8.44. The molecule has 12 nitrogen and oxygen atoms in total. The molecule has 2 aliphatic rings. The van der Waals surface area contributed by atoms with Gasteiger partial charge in [0, 0.05) is 50.4 Å². The number of nitrogens with one attached hydrogen (secondary N) is 2. The third kappa shape index (κ3) is 8.17. The van der Waals surface area contributed by atoms with Crippen molar-refractivity contribution in [3.8, 4) is 11.5 Å². The lowest BCUT2D eigenvalue weighted by molar-refractivity contribution is -0.112. The van der Waals surface area contributed by atoms with E-state index in [-0.39, 0.29) is 17.2 Å². The highest BCUT2D eigenvalue weighted by Gasteiger charge is 2.30. The molecule has 236 valence electrons. The maximum atomic E-state index is 13.1. The number of nitrogens with zero attached hydrogens (tertiary/aromatic N) is 1. The molecule has 12 heteroatoms. The van der Waals surface area contributed by atoms with Gasteiger partial charge in [-0.1, -0.05) is 36.8 Å². The second-order valence-corrected chi connectivity index (χ2v) is 11.0. The van der Waals surface area contributed by atoms with Crippen molar-refractivity contribution in [1.29, 1.82) is 0 Å². The summed E-state index contributed by atoms with van der Waals surface area (Å²) in [5, 5.41) is 36.3. The van der Waals surface area contributed by atoms with Crippen LogP contribution in [-0.4, -0.2) is 79.0 Å². The third-order valence-corrected chi connectivity index (χ3v) is 7.75. The van der Waals surface area contributed by atoms with Gasteiger partial charge in [0.1, 0.15) is 17.6 Å². The van der Waals surface area contributed by atoms with E-state index in [1.165, 1.54) is 20.3 Å². The lowest BCUT2D eigenvalue weighted by atomic mass is 9.91. The first kappa shape index (κ1) is 33.7. The van der Waals surface area contributed by atoms with Crippen molar-refractivity contribution in [1.82, 2.24) is 5.43 Å². The van der Waals surface area contributed by atoms with E-state index in [0.717, 1.165) is 25.1 Å². The number of fused-ring (bicyclic) bond motifs is 2. The fourth-order valence-electron chi connectivity index (χ4n) is 5.16. The van der Waals surface area contributed by atoms with Gasteiger partial charge < -0.3 is 39.7 Å². The zero-order chi connectivity index (χ0) is 31.8. The van der Waals surface area contributed by atoms with Crippen LogP contribution >= 0.6 is 0 Å². The summed E-state index contributed by atoms with van der Waals surface area (Å²) in [5.41, 5.74) is 4.49. The zero-order valence-corrected chi connectivity index (χ0v) is 25.6. The molecule has 0 spiro atoms. The molecule has 0 aromatic heterocycles. The van der Waals surface area contributed by atoms with E-state index in [2.05, 4.69) is 5.32 Å². The van der Waals surface area contributed by atoms with Gasteiger partial charge >= 0.3 is 6.09 Å². The number of aliphatic hydroxyl groups excluding tert-OH is 1. The number of hydrogen-bond acceptors (Lipinski definition) is 10. The molecule has 1 fully saturated rings. The largest absolute Gasteiger partial charge is 0.506 e. The molecule has 2 bridgehead atoms. The quantitative estimate of drug-likeness (QED) is 0.0749. The Kier molecular flexibility index (Phi) is 11.8. The second kappa shape index (κ2) is 15.1. The number of phenols is 2. The summed E-state index contributed by atoms with van der Waals surface area (Å²) in [6, 6.07) is 1.34. The smallest absolute Gasteiger partial charge is 0.422 e. The van der Waals surface area contributed by atoms with E-state index in [9.17, 15) is 24.9 Å². The first-order valence-corrected chi connectivity index (χ1v) is 14.2. The molecule has 7 N–H and O–H groups in total. The number of phenolic OH excluding ortho intramolecular Hbond substituents is 2.